The Kier molecular flexibility index (Phi) is 11.9. The van der Waals surface area contributed by atoms with Gasteiger partial charge in [-0.15, -0.1) is 0 Å². The standard InChI is InChI=1S/C36H45N5O5/c1-39(2)34-15-11-30(25-38-34)29-8-12-31(37-24-29)26-41(32-6-4-5-27(23-32)7-16-35(42)44-3)36(43)28-9-13-33(14-10-28)46-22-19-40-17-20-45-21-18-40/h4-8,11-12,15-16,23-25,28,33H,9-10,13-14,17-22,26H2,1-3H3/b16-7+. The van der Waals surface area contributed by atoms with Crippen molar-refractivity contribution >= 4 is 29.5 Å². The van der Waals surface area contributed by atoms with E-state index < -0.39 is 5.97 Å². The van der Waals surface area contributed by atoms with Crippen LogP contribution >= 0.6 is 0 Å². The van der Waals surface area contributed by atoms with Crippen molar-refractivity contribution < 1.29 is 23.8 Å². The summed E-state index contributed by atoms with van der Waals surface area (Å²) >= 11 is 0. The van der Waals surface area contributed by atoms with Gasteiger partial charge in [-0.05, 0) is 67.7 Å². The Balaban J connectivity index is 1.27. The van der Waals surface area contributed by atoms with E-state index in [1.165, 1.54) is 13.2 Å². The van der Waals surface area contributed by atoms with Crippen LogP contribution in [0.2, 0.25) is 0 Å². The molecule has 2 aromatic heterocycles. The minimum Gasteiger partial charge on any atom is -0.466 e. The highest BCUT2D eigenvalue weighted by molar-refractivity contribution is 5.95. The van der Waals surface area contributed by atoms with Crippen molar-refractivity contribution in [3.05, 3.63) is 78.3 Å². The fraction of sp³-hybridized carbons (Fsp3) is 0.444. The van der Waals surface area contributed by atoms with Gasteiger partial charge in [-0.2, -0.15) is 0 Å². The summed E-state index contributed by atoms with van der Waals surface area (Å²) in [5, 5.41) is 0. The summed E-state index contributed by atoms with van der Waals surface area (Å²) < 4.78 is 16.4. The third kappa shape index (κ3) is 9.22. The highest BCUT2D eigenvalue weighted by Crippen LogP contribution is 2.31. The second-order valence-electron chi connectivity index (χ2n) is 12.0. The smallest absolute Gasteiger partial charge is 0.330 e. The topological polar surface area (TPSA) is 97.3 Å². The zero-order valence-electron chi connectivity index (χ0n) is 27.1. The van der Waals surface area contributed by atoms with Crippen LogP contribution in [0.25, 0.3) is 17.2 Å². The number of benzene rings is 1. The van der Waals surface area contributed by atoms with Crippen LogP contribution in [0.15, 0.2) is 67.0 Å². The summed E-state index contributed by atoms with van der Waals surface area (Å²) in [6.45, 7) is 5.44. The number of methoxy groups -OCH3 is 1. The SMILES string of the molecule is COC(=O)/C=C/c1cccc(N(Cc2ccc(-c3ccc(N(C)C)nc3)cn2)C(=O)C2CCC(OCCN3CCOCC3)CC2)c1. The number of pyridine rings is 2. The monoisotopic (exact) mass is 627 g/mol. The van der Waals surface area contributed by atoms with Crippen LogP contribution in [0.1, 0.15) is 36.9 Å². The van der Waals surface area contributed by atoms with E-state index in [0.717, 1.165) is 92.4 Å². The van der Waals surface area contributed by atoms with Gasteiger partial charge in [0.15, 0.2) is 0 Å². The lowest BCUT2D eigenvalue weighted by Crippen LogP contribution is -2.40. The molecule has 0 N–H and O–H groups in total. The number of carbonyl (C=O) groups is 2. The summed E-state index contributed by atoms with van der Waals surface area (Å²) in [4.78, 5) is 41.3. The first-order valence-corrected chi connectivity index (χ1v) is 16.1. The van der Waals surface area contributed by atoms with Gasteiger partial charge in [-0.3, -0.25) is 14.7 Å². The van der Waals surface area contributed by atoms with Gasteiger partial charge in [0.05, 0.1) is 45.3 Å². The number of esters is 1. The zero-order chi connectivity index (χ0) is 32.3. The molecule has 1 aliphatic heterocycles. The number of hydrogen-bond donors (Lipinski definition) is 0. The number of rotatable bonds is 12. The average Bonchev–Trinajstić information content (AvgIpc) is 3.10. The van der Waals surface area contributed by atoms with E-state index in [2.05, 4.69) is 9.88 Å². The highest BCUT2D eigenvalue weighted by atomic mass is 16.5. The summed E-state index contributed by atoms with van der Waals surface area (Å²) in [6.07, 6.45) is 10.2. The molecule has 0 radical (unpaired) electrons. The van der Waals surface area contributed by atoms with Crippen LogP contribution in [0.3, 0.4) is 0 Å². The summed E-state index contributed by atoms with van der Waals surface area (Å²) in [5.74, 6) is 0.432. The van der Waals surface area contributed by atoms with Gasteiger partial charge in [-0.1, -0.05) is 18.2 Å². The van der Waals surface area contributed by atoms with Crippen molar-refractivity contribution in [3.8, 4) is 11.1 Å². The third-order valence-corrected chi connectivity index (χ3v) is 8.63. The van der Waals surface area contributed by atoms with E-state index in [1.807, 2.05) is 84.8 Å². The van der Waals surface area contributed by atoms with E-state index in [9.17, 15) is 9.59 Å². The van der Waals surface area contributed by atoms with Gasteiger partial charge in [-0.25, -0.2) is 9.78 Å². The van der Waals surface area contributed by atoms with Crippen molar-refractivity contribution in [3.63, 3.8) is 0 Å². The Hall–Kier alpha value is -4.12. The first kappa shape index (κ1) is 33.2. The number of morpholine rings is 1. The normalized spacial score (nSPS) is 18.8. The average molecular weight is 628 g/mol. The van der Waals surface area contributed by atoms with Gasteiger partial charge in [0.1, 0.15) is 5.82 Å². The first-order chi connectivity index (χ1) is 22.4. The predicted molar refractivity (Wildman–Crippen MR) is 179 cm³/mol. The largest absolute Gasteiger partial charge is 0.466 e. The molecule has 10 nitrogen and oxygen atoms in total. The molecular weight excluding hydrogens is 582 g/mol. The molecule has 1 saturated carbocycles. The van der Waals surface area contributed by atoms with Crippen LogP contribution in [0.4, 0.5) is 11.5 Å². The van der Waals surface area contributed by atoms with Gasteiger partial charge in [0.2, 0.25) is 5.91 Å². The lowest BCUT2D eigenvalue weighted by atomic mass is 9.86. The fourth-order valence-corrected chi connectivity index (χ4v) is 5.87. The van der Waals surface area contributed by atoms with Crippen molar-refractivity contribution in [1.29, 1.82) is 0 Å². The quantitative estimate of drug-likeness (QED) is 0.207. The molecule has 5 rings (SSSR count). The van der Waals surface area contributed by atoms with Crippen LogP contribution in [0.5, 0.6) is 0 Å². The molecule has 1 amide bonds. The molecule has 3 aromatic rings. The molecule has 1 aromatic carbocycles. The number of nitrogens with zero attached hydrogens (tertiary/aromatic N) is 5. The van der Waals surface area contributed by atoms with E-state index in [-0.39, 0.29) is 17.9 Å². The maximum atomic E-state index is 14.2. The number of ether oxygens (including phenoxy) is 3. The lowest BCUT2D eigenvalue weighted by molar-refractivity contribution is -0.134. The second-order valence-corrected chi connectivity index (χ2v) is 12.0. The van der Waals surface area contributed by atoms with Crippen molar-refractivity contribution in [1.82, 2.24) is 14.9 Å². The van der Waals surface area contributed by atoms with Crippen LogP contribution in [0, 0.1) is 5.92 Å². The molecule has 3 heterocycles. The molecular formula is C36H45N5O5. The van der Waals surface area contributed by atoms with Crippen LogP contribution < -0.4 is 9.80 Å². The maximum absolute atomic E-state index is 14.2. The van der Waals surface area contributed by atoms with E-state index in [1.54, 1.807) is 6.08 Å². The summed E-state index contributed by atoms with van der Waals surface area (Å²) in [7, 11) is 5.27. The number of aromatic nitrogens is 2. The molecule has 0 unspecified atom stereocenters. The van der Waals surface area contributed by atoms with Gasteiger partial charge >= 0.3 is 5.97 Å². The fourth-order valence-electron chi connectivity index (χ4n) is 5.87. The van der Waals surface area contributed by atoms with E-state index in [0.29, 0.717) is 13.2 Å². The minimum absolute atomic E-state index is 0.0789. The Bertz CT molecular complexity index is 1450. The number of carbonyl (C=O) groups excluding carboxylic acids is 2. The molecule has 10 heteroatoms. The van der Waals surface area contributed by atoms with Gasteiger partial charge in [0.25, 0.3) is 0 Å². The molecule has 1 saturated heterocycles. The molecule has 2 aliphatic rings. The van der Waals surface area contributed by atoms with Crippen molar-refractivity contribution in [2.75, 3.05) is 70.5 Å². The van der Waals surface area contributed by atoms with E-state index >= 15 is 0 Å². The van der Waals surface area contributed by atoms with Crippen molar-refractivity contribution in [2.24, 2.45) is 5.92 Å². The molecule has 2 fully saturated rings. The lowest BCUT2D eigenvalue weighted by Gasteiger charge is -2.33. The Morgan fingerprint density at radius 2 is 1.72 bits per heavy atom. The number of amides is 1. The van der Waals surface area contributed by atoms with Crippen molar-refractivity contribution in [2.45, 2.75) is 38.3 Å². The Labute approximate surface area is 272 Å². The van der Waals surface area contributed by atoms with Gasteiger partial charge < -0.3 is 24.0 Å². The Morgan fingerprint density at radius 3 is 2.37 bits per heavy atom. The maximum Gasteiger partial charge on any atom is 0.330 e. The Morgan fingerprint density at radius 1 is 0.978 bits per heavy atom. The molecule has 0 atom stereocenters. The number of anilines is 2. The van der Waals surface area contributed by atoms with E-state index in [4.69, 9.17) is 19.2 Å². The predicted octanol–water partition coefficient (Wildman–Crippen LogP) is 4.84. The zero-order valence-corrected chi connectivity index (χ0v) is 27.1. The number of hydrogen-bond acceptors (Lipinski definition) is 9. The second kappa shape index (κ2) is 16.4. The third-order valence-electron chi connectivity index (χ3n) is 8.63. The molecule has 244 valence electrons. The summed E-state index contributed by atoms with van der Waals surface area (Å²) in [6, 6.07) is 15.6. The molecule has 0 bridgehead atoms. The molecule has 1 aliphatic carbocycles. The van der Waals surface area contributed by atoms with Crippen LogP contribution in [-0.2, 0) is 30.3 Å². The van der Waals surface area contributed by atoms with Gasteiger partial charge in [0, 0.05) is 74.9 Å². The highest BCUT2D eigenvalue weighted by Gasteiger charge is 2.31. The minimum atomic E-state index is -0.432. The summed E-state index contributed by atoms with van der Waals surface area (Å²) in [5.41, 5.74) is 4.28. The first-order valence-electron chi connectivity index (χ1n) is 16.1. The molecule has 0 spiro atoms. The van der Waals surface area contributed by atoms with Crippen LogP contribution in [-0.4, -0.2) is 93.5 Å². The molecule has 46 heavy (non-hydrogen) atoms.